The van der Waals surface area contributed by atoms with E-state index in [0.29, 0.717) is 35.6 Å². The summed E-state index contributed by atoms with van der Waals surface area (Å²) < 4.78 is 6.64. The van der Waals surface area contributed by atoms with E-state index < -0.39 is 11.9 Å². The second kappa shape index (κ2) is 10.4. The molecule has 0 unspecified atom stereocenters. The van der Waals surface area contributed by atoms with Crippen LogP contribution in [0.4, 0.5) is 4.79 Å². The lowest BCUT2D eigenvalue weighted by atomic mass is 10.2. The number of rotatable bonds is 8. The summed E-state index contributed by atoms with van der Waals surface area (Å²) in [7, 11) is 1.61. The Morgan fingerprint density at radius 1 is 1.28 bits per heavy atom. The molecule has 2 aromatic rings. The minimum atomic E-state index is -0.466. The van der Waals surface area contributed by atoms with Gasteiger partial charge in [0, 0.05) is 26.3 Å². The van der Waals surface area contributed by atoms with Crippen molar-refractivity contribution in [2.75, 3.05) is 19.5 Å². The monoisotopic (exact) mass is 418 g/mol. The van der Waals surface area contributed by atoms with Crippen molar-refractivity contribution in [1.82, 2.24) is 20.2 Å². The summed E-state index contributed by atoms with van der Waals surface area (Å²) in [4.78, 5) is 41.6. The van der Waals surface area contributed by atoms with Gasteiger partial charge in [0.15, 0.2) is 5.16 Å². The van der Waals surface area contributed by atoms with Crippen molar-refractivity contribution in [3.8, 4) is 0 Å². The van der Waals surface area contributed by atoms with Crippen molar-refractivity contribution >= 4 is 34.6 Å². The van der Waals surface area contributed by atoms with Crippen LogP contribution in [-0.4, -0.2) is 47.0 Å². The molecule has 3 amide bonds. The number of carbonyl (C=O) groups excluding carboxylic acids is 2. The van der Waals surface area contributed by atoms with Crippen LogP contribution in [0.15, 0.2) is 34.2 Å². The third-order valence-electron chi connectivity index (χ3n) is 4.83. The van der Waals surface area contributed by atoms with E-state index in [-0.39, 0.29) is 17.4 Å². The number of nitrogens with zero attached hydrogens (tertiary/aromatic N) is 2. The van der Waals surface area contributed by atoms with Gasteiger partial charge in [0.2, 0.25) is 5.91 Å². The third kappa shape index (κ3) is 5.80. The van der Waals surface area contributed by atoms with E-state index in [1.807, 2.05) is 6.07 Å². The predicted molar refractivity (Wildman–Crippen MR) is 112 cm³/mol. The molecular formula is C20H26N4O4S. The molecule has 0 saturated heterocycles. The smallest absolute Gasteiger partial charge is 0.321 e. The number of amides is 3. The zero-order chi connectivity index (χ0) is 20.6. The molecule has 1 aromatic carbocycles. The van der Waals surface area contributed by atoms with Crippen LogP contribution in [0.1, 0.15) is 32.1 Å². The van der Waals surface area contributed by atoms with Crippen LogP contribution in [-0.2, 0) is 16.1 Å². The number of imide groups is 1. The molecule has 0 aliphatic heterocycles. The number of nitrogens with one attached hydrogen (secondary N) is 2. The molecule has 0 bridgehead atoms. The number of aromatic nitrogens is 2. The van der Waals surface area contributed by atoms with Gasteiger partial charge < -0.3 is 10.1 Å². The van der Waals surface area contributed by atoms with E-state index in [1.165, 1.54) is 0 Å². The van der Waals surface area contributed by atoms with Crippen LogP contribution in [0.5, 0.6) is 0 Å². The van der Waals surface area contributed by atoms with E-state index in [0.717, 1.165) is 37.4 Å². The van der Waals surface area contributed by atoms with Gasteiger partial charge in [-0.1, -0.05) is 36.7 Å². The molecule has 8 nitrogen and oxygen atoms in total. The van der Waals surface area contributed by atoms with Crippen molar-refractivity contribution in [3.05, 3.63) is 34.6 Å². The molecule has 3 rings (SSSR count). The number of hydrogen-bond donors (Lipinski definition) is 2. The standard InChI is InChI=1S/C20H26N4O4S/c1-28-12-6-11-24-18(26)15-9-4-5-10-16(15)22-20(24)29-13-17(25)23-19(27)21-14-7-2-3-8-14/h4-5,9-10,14H,2-3,6-8,11-13H2,1H3,(H2,21,23,25,27). The maximum atomic E-state index is 12.9. The number of benzene rings is 1. The quantitative estimate of drug-likeness (QED) is 0.387. The van der Waals surface area contributed by atoms with E-state index in [4.69, 9.17) is 4.74 Å². The van der Waals surface area contributed by atoms with Crippen LogP contribution >= 0.6 is 11.8 Å². The Labute approximate surface area is 173 Å². The normalized spacial score (nSPS) is 14.2. The van der Waals surface area contributed by atoms with Gasteiger partial charge in [0.05, 0.1) is 16.7 Å². The number of ether oxygens (including phenoxy) is 1. The summed E-state index contributed by atoms with van der Waals surface area (Å²) in [6.07, 6.45) is 4.75. The first kappa shape index (κ1) is 21.3. The number of carbonyl (C=O) groups is 2. The van der Waals surface area contributed by atoms with E-state index in [2.05, 4.69) is 15.6 Å². The fourth-order valence-electron chi connectivity index (χ4n) is 3.41. The number of thioether (sulfide) groups is 1. The Morgan fingerprint density at radius 2 is 2.03 bits per heavy atom. The lowest BCUT2D eigenvalue weighted by Gasteiger charge is -2.14. The molecule has 1 aliphatic rings. The van der Waals surface area contributed by atoms with Crippen LogP contribution < -0.4 is 16.2 Å². The summed E-state index contributed by atoms with van der Waals surface area (Å²) in [5.41, 5.74) is 0.441. The van der Waals surface area contributed by atoms with Crippen LogP contribution in [0.2, 0.25) is 0 Å². The third-order valence-corrected chi connectivity index (χ3v) is 5.81. The van der Waals surface area contributed by atoms with Crippen molar-refractivity contribution in [2.45, 2.75) is 49.8 Å². The SMILES string of the molecule is COCCCn1c(SCC(=O)NC(=O)NC2CCCC2)nc2ccccc2c1=O. The minimum Gasteiger partial charge on any atom is -0.385 e. The fraction of sp³-hybridized carbons (Fsp3) is 0.500. The molecule has 0 atom stereocenters. The molecule has 1 aliphatic carbocycles. The molecule has 29 heavy (non-hydrogen) atoms. The van der Waals surface area contributed by atoms with E-state index in [9.17, 15) is 14.4 Å². The second-order valence-electron chi connectivity index (χ2n) is 7.01. The zero-order valence-electron chi connectivity index (χ0n) is 16.5. The Hall–Kier alpha value is -2.39. The molecule has 2 N–H and O–H groups in total. The Balaban J connectivity index is 1.67. The topological polar surface area (TPSA) is 102 Å². The highest BCUT2D eigenvalue weighted by molar-refractivity contribution is 7.99. The highest BCUT2D eigenvalue weighted by Crippen LogP contribution is 2.19. The first-order valence-electron chi connectivity index (χ1n) is 9.80. The molecule has 0 spiro atoms. The van der Waals surface area contributed by atoms with Gasteiger partial charge in [0.1, 0.15) is 0 Å². The maximum absolute atomic E-state index is 12.9. The minimum absolute atomic E-state index is 0.00680. The van der Waals surface area contributed by atoms with Gasteiger partial charge >= 0.3 is 6.03 Å². The first-order valence-corrected chi connectivity index (χ1v) is 10.8. The highest BCUT2D eigenvalue weighted by Gasteiger charge is 2.19. The Morgan fingerprint density at radius 3 is 2.79 bits per heavy atom. The van der Waals surface area contributed by atoms with Crippen LogP contribution in [0.25, 0.3) is 10.9 Å². The van der Waals surface area contributed by atoms with Crippen molar-refractivity contribution in [1.29, 1.82) is 0 Å². The van der Waals surface area contributed by atoms with Gasteiger partial charge in [0.25, 0.3) is 5.56 Å². The first-order chi connectivity index (χ1) is 14.1. The fourth-order valence-corrected chi connectivity index (χ4v) is 4.23. The zero-order valence-corrected chi connectivity index (χ0v) is 17.3. The molecule has 0 radical (unpaired) electrons. The Bertz CT molecular complexity index is 924. The molecule has 1 aromatic heterocycles. The molecule has 1 heterocycles. The highest BCUT2D eigenvalue weighted by atomic mass is 32.2. The molecule has 156 valence electrons. The lowest BCUT2D eigenvalue weighted by Crippen LogP contribution is -2.44. The van der Waals surface area contributed by atoms with Gasteiger partial charge in [-0.05, 0) is 31.4 Å². The summed E-state index contributed by atoms with van der Waals surface area (Å²) >= 11 is 1.15. The molecular weight excluding hydrogens is 392 g/mol. The Kier molecular flexibility index (Phi) is 7.65. The summed E-state index contributed by atoms with van der Waals surface area (Å²) in [5.74, 6) is -0.427. The molecule has 1 saturated carbocycles. The second-order valence-corrected chi connectivity index (χ2v) is 7.95. The average Bonchev–Trinajstić information content (AvgIpc) is 3.21. The van der Waals surface area contributed by atoms with Crippen molar-refractivity contribution in [2.24, 2.45) is 0 Å². The van der Waals surface area contributed by atoms with Crippen LogP contribution in [0, 0.1) is 0 Å². The number of methoxy groups -OCH3 is 1. The van der Waals surface area contributed by atoms with Crippen LogP contribution in [0.3, 0.4) is 0 Å². The lowest BCUT2D eigenvalue weighted by molar-refractivity contribution is -0.117. The number of urea groups is 1. The predicted octanol–water partition coefficient (Wildman–Crippen LogP) is 2.29. The van der Waals surface area contributed by atoms with Crippen molar-refractivity contribution < 1.29 is 14.3 Å². The maximum Gasteiger partial charge on any atom is 0.321 e. The number of para-hydroxylation sites is 1. The number of hydrogen-bond acceptors (Lipinski definition) is 6. The summed E-state index contributed by atoms with van der Waals surface area (Å²) in [5, 5.41) is 6.17. The number of fused-ring (bicyclic) bond motifs is 1. The summed E-state index contributed by atoms with van der Waals surface area (Å²) in [6, 6.07) is 6.81. The van der Waals surface area contributed by atoms with Gasteiger partial charge in [-0.15, -0.1) is 0 Å². The van der Waals surface area contributed by atoms with E-state index in [1.54, 1.807) is 29.9 Å². The average molecular weight is 419 g/mol. The molecule has 1 fully saturated rings. The van der Waals surface area contributed by atoms with Gasteiger partial charge in [-0.3, -0.25) is 19.5 Å². The van der Waals surface area contributed by atoms with Gasteiger partial charge in [-0.25, -0.2) is 9.78 Å². The van der Waals surface area contributed by atoms with Crippen molar-refractivity contribution in [3.63, 3.8) is 0 Å². The molecule has 9 heteroatoms. The van der Waals surface area contributed by atoms with Gasteiger partial charge in [-0.2, -0.15) is 0 Å². The summed E-state index contributed by atoms with van der Waals surface area (Å²) in [6.45, 7) is 0.960. The van der Waals surface area contributed by atoms with E-state index >= 15 is 0 Å². The largest absolute Gasteiger partial charge is 0.385 e.